The van der Waals surface area contributed by atoms with Crippen LogP contribution in [0.4, 0.5) is 5.69 Å². The molecular weight excluding hydrogens is 438 g/mol. The quantitative estimate of drug-likeness (QED) is 0.488. The third-order valence-electron chi connectivity index (χ3n) is 5.31. The molecule has 170 valence electrons. The molecule has 4 rings (SSSR count). The summed E-state index contributed by atoms with van der Waals surface area (Å²) in [7, 11) is 0. The lowest BCUT2D eigenvalue weighted by atomic mass is 10.1. The third kappa shape index (κ3) is 4.26. The molecule has 3 N–H and O–H groups in total. The summed E-state index contributed by atoms with van der Waals surface area (Å²) in [6.07, 6.45) is -0.920. The van der Waals surface area contributed by atoms with Gasteiger partial charge in [0.1, 0.15) is 6.17 Å². The van der Waals surface area contributed by atoms with Gasteiger partial charge in [-0.1, -0.05) is 24.3 Å². The van der Waals surface area contributed by atoms with Gasteiger partial charge in [0.2, 0.25) is 0 Å². The molecule has 1 unspecified atom stereocenters. The number of hydrogen-bond acceptors (Lipinski definition) is 5. The van der Waals surface area contributed by atoms with Crippen LogP contribution >= 0.6 is 0 Å². The van der Waals surface area contributed by atoms with Gasteiger partial charge in [-0.25, -0.2) is 4.79 Å². The van der Waals surface area contributed by atoms with Gasteiger partial charge in [-0.2, -0.15) is 0 Å². The van der Waals surface area contributed by atoms with Crippen LogP contribution in [0.1, 0.15) is 58.7 Å². The maximum Gasteiger partial charge on any atom is 0.335 e. The van der Waals surface area contributed by atoms with E-state index < -0.39 is 35.8 Å². The van der Waals surface area contributed by atoms with Crippen LogP contribution < -0.4 is 10.6 Å². The molecule has 4 amide bonds. The number of carboxylic acids is 1. The van der Waals surface area contributed by atoms with Crippen molar-refractivity contribution in [1.82, 2.24) is 10.2 Å². The van der Waals surface area contributed by atoms with E-state index in [0.717, 1.165) is 4.90 Å². The molecule has 0 spiro atoms. The maximum atomic E-state index is 12.8. The number of nitrogens with one attached hydrogen (secondary N) is 2. The normalized spacial score (nSPS) is 13.3. The highest BCUT2D eigenvalue weighted by atomic mass is 16.4. The highest BCUT2D eigenvalue weighted by Gasteiger charge is 2.38. The fraction of sp³-hybridized carbons (Fsp3) is 0.0800. The van der Waals surface area contributed by atoms with Crippen LogP contribution in [0.3, 0.4) is 0 Å². The highest BCUT2D eigenvalue weighted by molar-refractivity contribution is 6.21. The molecule has 0 fully saturated rings. The second-order valence-electron chi connectivity index (χ2n) is 7.60. The SMILES string of the molecule is CC(NC(=O)c1cccc(C(=O)Nc2cccc(C(=O)O)c2)c1)N1C(=O)c2ccccc2C1=O. The fourth-order valence-electron chi connectivity index (χ4n) is 3.63. The third-order valence-corrected chi connectivity index (χ3v) is 5.31. The van der Waals surface area contributed by atoms with E-state index in [1.165, 1.54) is 49.4 Å². The summed E-state index contributed by atoms with van der Waals surface area (Å²) in [5.41, 5.74) is 1.18. The number of benzene rings is 3. The van der Waals surface area contributed by atoms with Gasteiger partial charge in [0.05, 0.1) is 16.7 Å². The van der Waals surface area contributed by atoms with Gasteiger partial charge in [-0.15, -0.1) is 0 Å². The molecule has 0 aromatic heterocycles. The molecule has 1 aliphatic heterocycles. The van der Waals surface area contributed by atoms with Crippen LogP contribution in [-0.2, 0) is 0 Å². The van der Waals surface area contributed by atoms with Crippen molar-refractivity contribution < 1.29 is 29.1 Å². The Balaban J connectivity index is 1.46. The van der Waals surface area contributed by atoms with Crippen LogP contribution in [0.5, 0.6) is 0 Å². The zero-order valence-electron chi connectivity index (χ0n) is 17.9. The lowest BCUT2D eigenvalue weighted by Gasteiger charge is -2.23. The smallest absolute Gasteiger partial charge is 0.335 e. The minimum absolute atomic E-state index is 0.0214. The second-order valence-corrected chi connectivity index (χ2v) is 7.60. The number of rotatable bonds is 6. The number of imide groups is 1. The molecule has 1 atom stereocenters. The van der Waals surface area contributed by atoms with E-state index in [9.17, 15) is 24.0 Å². The number of fused-ring (bicyclic) bond motifs is 1. The largest absolute Gasteiger partial charge is 0.478 e. The average molecular weight is 457 g/mol. The van der Waals surface area contributed by atoms with Crippen molar-refractivity contribution in [2.45, 2.75) is 13.1 Å². The summed E-state index contributed by atoms with van der Waals surface area (Å²) in [5, 5.41) is 14.3. The molecule has 9 nitrogen and oxygen atoms in total. The van der Waals surface area contributed by atoms with Gasteiger partial charge in [0, 0.05) is 16.8 Å². The number of nitrogens with zero attached hydrogens (tertiary/aromatic N) is 1. The van der Waals surface area contributed by atoms with Crippen molar-refractivity contribution in [2.24, 2.45) is 0 Å². The number of carbonyl (C=O) groups excluding carboxylic acids is 4. The van der Waals surface area contributed by atoms with Gasteiger partial charge in [0.25, 0.3) is 23.6 Å². The number of amides is 4. The Kier molecular flexibility index (Phi) is 5.92. The van der Waals surface area contributed by atoms with E-state index in [1.54, 1.807) is 30.3 Å². The Morgan fingerprint density at radius 1 is 0.765 bits per heavy atom. The first-order valence-electron chi connectivity index (χ1n) is 10.3. The number of carbonyl (C=O) groups is 5. The molecular formula is C25H19N3O6. The molecule has 1 aliphatic rings. The molecule has 0 bridgehead atoms. The zero-order valence-corrected chi connectivity index (χ0v) is 17.9. The summed E-state index contributed by atoms with van der Waals surface area (Å²) in [4.78, 5) is 62.7. The molecule has 3 aromatic rings. The van der Waals surface area contributed by atoms with Crippen molar-refractivity contribution in [3.05, 3.63) is 101 Å². The number of carboxylic acid groups (broad SMARTS) is 1. The molecule has 0 radical (unpaired) electrons. The van der Waals surface area contributed by atoms with Crippen molar-refractivity contribution in [1.29, 1.82) is 0 Å². The Morgan fingerprint density at radius 2 is 1.32 bits per heavy atom. The average Bonchev–Trinajstić information content (AvgIpc) is 3.09. The van der Waals surface area contributed by atoms with Crippen LogP contribution in [0, 0.1) is 0 Å². The summed E-state index contributed by atoms with van der Waals surface area (Å²) in [6, 6.07) is 18.1. The van der Waals surface area contributed by atoms with Crippen molar-refractivity contribution >= 4 is 35.3 Å². The van der Waals surface area contributed by atoms with Gasteiger partial charge < -0.3 is 15.7 Å². The first-order chi connectivity index (χ1) is 16.3. The van der Waals surface area contributed by atoms with E-state index in [0.29, 0.717) is 5.69 Å². The summed E-state index contributed by atoms with van der Waals surface area (Å²) < 4.78 is 0. The first-order valence-corrected chi connectivity index (χ1v) is 10.3. The fourth-order valence-corrected chi connectivity index (χ4v) is 3.63. The van der Waals surface area contributed by atoms with Gasteiger partial charge in [0.15, 0.2) is 0 Å². The minimum Gasteiger partial charge on any atom is -0.478 e. The van der Waals surface area contributed by atoms with E-state index in [2.05, 4.69) is 10.6 Å². The van der Waals surface area contributed by atoms with Gasteiger partial charge in [-0.05, 0) is 55.5 Å². The lowest BCUT2D eigenvalue weighted by molar-refractivity contribution is 0.0557. The molecule has 9 heteroatoms. The van der Waals surface area contributed by atoms with Crippen molar-refractivity contribution in [2.75, 3.05) is 5.32 Å². The molecule has 0 aliphatic carbocycles. The second kappa shape index (κ2) is 8.99. The van der Waals surface area contributed by atoms with E-state index in [-0.39, 0.29) is 27.8 Å². The Labute approximate surface area is 194 Å². The number of hydrogen-bond donors (Lipinski definition) is 3. The van der Waals surface area contributed by atoms with E-state index in [1.807, 2.05) is 0 Å². The lowest BCUT2D eigenvalue weighted by Crippen LogP contribution is -2.49. The Bertz CT molecular complexity index is 1310. The summed E-state index contributed by atoms with van der Waals surface area (Å²) >= 11 is 0. The van der Waals surface area contributed by atoms with Crippen LogP contribution in [0.2, 0.25) is 0 Å². The number of aromatic carboxylic acids is 1. The van der Waals surface area contributed by atoms with Gasteiger partial charge >= 0.3 is 5.97 Å². The van der Waals surface area contributed by atoms with E-state index >= 15 is 0 Å². The minimum atomic E-state index is -1.12. The standard InChI is InChI=1S/C25H19N3O6/c1-14(28-23(31)19-10-2-3-11-20(19)24(28)32)26-21(29)15-6-4-7-16(12-15)22(30)27-18-9-5-8-17(13-18)25(33)34/h2-14H,1H3,(H,26,29)(H,27,30)(H,33,34). The predicted molar refractivity (Wildman–Crippen MR) is 122 cm³/mol. The van der Waals surface area contributed by atoms with Crippen molar-refractivity contribution in [3.63, 3.8) is 0 Å². The molecule has 0 saturated heterocycles. The first kappa shape index (κ1) is 22.4. The monoisotopic (exact) mass is 457 g/mol. The molecule has 0 saturated carbocycles. The Hall–Kier alpha value is -4.79. The molecule has 1 heterocycles. The Morgan fingerprint density at radius 3 is 1.94 bits per heavy atom. The summed E-state index contributed by atoms with van der Waals surface area (Å²) in [5.74, 6) is -3.23. The summed E-state index contributed by atoms with van der Waals surface area (Å²) in [6.45, 7) is 1.52. The molecule has 3 aromatic carbocycles. The van der Waals surface area contributed by atoms with Crippen LogP contribution in [-0.4, -0.2) is 45.8 Å². The predicted octanol–water partition coefficient (Wildman–Crippen LogP) is 3.01. The van der Waals surface area contributed by atoms with Crippen LogP contribution in [0.25, 0.3) is 0 Å². The maximum absolute atomic E-state index is 12.8. The molecule has 34 heavy (non-hydrogen) atoms. The van der Waals surface area contributed by atoms with Gasteiger partial charge in [-0.3, -0.25) is 24.1 Å². The number of anilines is 1. The van der Waals surface area contributed by atoms with Crippen molar-refractivity contribution in [3.8, 4) is 0 Å². The topological polar surface area (TPSA) is 133 Å². The highest BCUT2D eigenvalue weighted by Crippen LogP contribution is 2.24. The zero-order chi connectivity index (χ0) is 24.4. The van der Waals surface area contributed by atoms with E-state index in [4.69, 9.17) is 5.11 Å². The van der Waals surface area contributed by atoms with Crippen LogP contribution in [0.15, 0.2) is 72.8 Å².